The summed E-state index contributed by atoms with van der Waals surface area (Å²) in [5.41, 5.74) is 7.47. The van der Waals surface area contributed by atoms with Gasteiger partial charge in [-0.3, -0.25) is 19.8 Å². The highest BCUT2D eigenvalue weighted by molar-refractivity contribution is 9.10. The third kappa shape index (κ3) is 9.74. The Labute approximate surface area is 237 Å². The summed E-state index contributed by atoms with van der Waals surface area (Å²) in [5.74, 6) is -1.09. The smallest absolute Gasteiger partial charge is 0.336 e. The maximum Gasteiger partial charge on any atom is 0.336 e. The van der Waals surface area contributed by atoms with Gasteiger partial charge in [0.25, 0.3) is 0 Å². The van der Waals surface area contributed by atoms with Crippen molar-refractivity contribution in [1.82, 2.24) is 9.80 Å². The van der Waals surface area contributed by atoms with Crippen LogP contribution < -0.4 is 5.73 Å². The molecule has 0 bridgehead atoms. The zero-order chi connectivity index (χ0) is 28.9. The first kappa shape index (κ1) is 32.5. The van der Waals surface area contributed by atoms with Crippen LogP contribution in [-0.4, -0.2) is 86.7 Å². The van der Waals surface area contributed by atoms with Crippen LogP contribution in [0.25, 0.3) is 0 Å². The second-order valence-electron chi connectivity index (χ2n) is 9.46. The average Bonchev–Trinajstić information content (AvgIpc) is 2.86. The quantitative estimate of drug-likeness (QED) is 0.118. The molecule has 0 amide bonds. The van der Waals surface area contributed by atoms with Crippen molar-refractivity contribution >= 4 is 40.2 Å². The van der Waals surface area contributed by atoms with Gasteiger partial charge in [0.05, 0.1) is 25.1 Å². The molecule has 0 spiro atoms. The zero-order valence-electron chi connectivity index (χ0n) is 22.9. The number of alkyl halides is 1. The number of nitrogens with zero attached hydrogens (tertiary/aromatic N) is 4. The van der Waals surface area contributed by atoms with Crippen molar-refractivity contribution in [1.29, 1.82) is 0 Å². The van der Waals surface area contributed by atoms with E-state index in [0.717, 1.165) is 12.6 Å². The van der Waals surface area contributed by atoms with E-state index in [0.29, 0.717) is 40.8 Å². The van der Waals surface area contributed by atoms with Gasteiger partial charge in [0.15, 0.2) is 0 Å². The number of hydrogen-bond donors (Lipinski definition) is 1. The molecule has 0 saturated carbocycles. The van der Waals surface area contributed by atoms with Crippen LogP contribution in [0.15, 0.2) is 56.1 Å². The number of carbonyl (C=O) groups is 2. The number of halogens is 3. The van der Waals surface area contributed by atoms with E-state index in [9.17, 15) is 18.4 Å². The van der Waals surface area contributed by atoms with Crippen LogP contribution in [0.2, 0.25) is 0 Å². The van der Waals surface area contributed by atoms with Gasteiger partial charge in [-0.05, 0) is 57.9 Å². The predicted octanol–water partition coefficient (Wildman–Crippen LogP) is 4.26. The molecule has 2 N–H and O–H groups in total. The Hall–Kier alpha value is -2.76. The third-order valence-corrected chi connectivity index (χ3v) is 7.03. The maximum atomic E-state index is 14.9. The molecular weight excluding hydrogens is 572 g/mol. The van der Waals surface area contributed by atoms with Gasteiger partial charge in [0.2, 0.25) is 0 Å². The number of likely N-dealkylation sites (N-methyl/N-ethyl adjacent to an activating group) is 1. The Balaban J connectivity index is 2.68. The first-order valence-electron chi connectivity index (χ1n) is 12.9. The minimum absolute atomic E-state index is 0.0112. The lowest BCUT2D eigenvalue weighted by atomic mass is 9.90. The van der Waals surface area contributed by atoms with Crippen LogP contribution in [0.5, 0.6) is 0 Å². The fourth-order valence-corrected chi connectivity index (χ4v) is 5.31. The van der Waals surface area contributed by atoms with Gasteiger partial charge in [-0.1, -0.05) is 28.1 Å². The molecule has 214 valence electrons. The van der Waals surface area contributed by atoms with E-state index in [1.807, 2.05) is 23.8 Å². The summed E-state index contributed by atoms with van der Waals surface area (Å²) in [6.07, 6.45) is 4.60. The Bertz CT molecular complexity index is 1110. The largest absolute Gasteiger partial charge is 0.463 e. The molecule has 39 heavy (non-hydrogen) atoms. The second kappa shape index (κ2) is 16.4. The van der Waals surface area contributed by atoms with E-state index < -0.39 is 24.0 Å². The van der Waals surface area contributed by atoms with Crippen molar-refractivity contribution < 1.29 is 23.1 Å². The molecule has 1 heterocycles. The fourth-order valence-electron chi connectivity index (χ4n) is 4.75. The van der Waals surface area contributed by atoms with Crippen LogP contribution in [0.4, 0.5) is 8.78 Å². The van der Waals surface area contributed by atoms with Gasteiger partial charge in [-0.2, -0.15) is 0 Å². The molecule has 8 nitrogen and oxygen atoms in total. The second-order valence-corrected chi connectivity index (χ2v) is 10.3. The van der Waals surface area contributed by atoms with E-state index in [1.165, 1.54) is 18.2 Å². The Kier molecular flexibility index (Phi) is 13.6. The lowest BCUT2D eigenvalue weighted by molar-refractivity contribution is -0.138. The summed E-state index contributed by atoms with van der Waals surface area (Å²) >= 11 is 3.39. The molecule has 1 aliphatic heterocycles. The van der Waals surface area contributed by atoms with E-state index in [1.54, 1.807) is 26.1 Å². The molecule has 0 aromatic heterocycles. The predicted molar refractivity (Wildman–Crippen MR) is 154 cm³/mol. The number of aldehydes is 1. The van der Waals surface area contributed by atoms with Gasteiger partial charge >= 0.3 is 5.97 Å². The first-order chi connectivity index (χ1) is 18.6. The number of likely N-dealkylation sites (tertiary alicyclic amines) is 1. The summed E-state index contributed by atoms with van der Waals surface area (Å²) in [6, 6.07) is 3.16. The van der Waals surface area contributed by atoms with Crippen molar-refractivity contribution in [2.75, 3.05) is 46.4 Å². The lowest BCUT2D eigenvalue weighted by Crippen LogP contribution is -2.46. The van der Waals surface area contributed by atoms with Crippen LogP contribution in [0.1, 0.15) is 38.8 Å². The van der Waals surface area contributed by atoms with Crippen molar-refractivity contribution in [2.24, 2.45) is 21.6 Å². The molecule has 0 radical (unpaired) electrons. The molecule has 11 heteroatoms. The average molecular weight is 611 g/mol. The highest BCUT2D eigenvalue weighted by Gasteiger charge is 2.33. The molecule has 1 aromatic rings. The number of benzene rings is 1. The first-order valence-corrected chi connectivity index (χ1v) is 13.7. The number of nitrogens with two attached hydrogens (primary N) is 1. The normalized spacial score (nSPS) is 20.5. The Morgan fingerprint density at radius 2 is 2.13 bits per heavy atom. The fraction of sp³-hybridized carbons (Fsp3) is 0.500. The van der Waals surface area contributed by atoms with E-state index in [-0.39, 0.29) is 37.7 Å². The maximum absolute atomic E-state index is 14.9. The number of aliphatic imine (C=N–C) groups is 2. The van der Waals surface area contributed by atoms with Crippen molar-refractivity contribution in [3.8, 4) is 0 Å². The van der Waals surface area contributed by atoms with Gasteiger partial charge < -0.3 is 15.3 Å². The van der Waals surface area contributed by atoms with Crippen LogP contribution in [-0.2, 0) is 14.3 Å². The third-order valence-electron chi connectivity index (χ3n) is 6.34. The number of rotatable bonds is 13. The summed E-state index contributed by atoms with van der Waals surface area (Å²) < 4.78 is 34.7. The molecular formula is C28H38BrF2N5O3. The standard InChI is InChI=1S/C28H38BrF2N5O3/c1-5-9-33-19(3)24(17-36-15-20(12-22(31)16-36)14-35(4)10-11-37)26(28(38)39-6-2)27(34-18-32)23-8-7-21(30)13-25(23)29/h5,7-9,11,13,18,20,22,27H,6,10,12,14-17H2,1-4H3,(H2,32,34)/b9-5-,26-24+,33-19+/t20?,22?,27-/m0/s1. The van der Waals surface area contributed by atoms with Crippen molar-refractivity contribution in [3.05, 3.63) is 57.5 Å². The monoisotopic (exact) mass is 609 g/mol. The number of ether oxygens (including phenoxy) is 1. The molecule has 1 aromatic carbocycles. The van der Waals surface area contributed by atoms with E-state index in [2.05, 4.69) is 25.9 Å². The van der Waals surface area contributed by atoms with Crippen LogP contribution in [0, 0.1) is 11.7 Å². The molecule has 1 saturated heterocycles. The van der Waals surface area contributed by atoms with E-state index in [4.69, 9.17) is 10.5 Å². The van der Waals surface area contributed by atoms with Gasteiger partial charge in [-0.15, -0.1) is 0 Å². The van der Waals surface area contributed by atoms with Crippen molar-refractivity contribution in [3.63, 3.8) is 0 Å². The molecule has 1 aliphatic rings. The Morgan fingerprint density at radius 1 is 1.38 bits per heavy atom. The molecule has 0 aliphatic carbocycles. The number of allylic oxidation sites excluding steroid dienone is 1. The van der Waals surface area contributed by atoms with Crippen LogP contribution in [0.3, 0.4) is 0 Å². The zero-order valence-corrected chi connectivity index (χ0v) is 24.5. The molecule has 3 atom stereocenters. The Morgan fingerprint density at radius 3 is 2.74 bits per heavy atom. The van der Waals surface area contributed by atoms with E-state index >= 15 is 0 Å². The van der Waals surface area contributed by atoms with Crippen LogP contribution >= 0.6 is 15.9 Å². The van der Waals surface area contributed by atoms with Crippen molar-refractivity contribution in [2.45, 2.75) is 39.4 Å². The molecule has 1 fully saturated rings. The highest BCUT2D eigenvalue weighted by Crippen LogP contribution is 2.35. The summed E-state index contributed by atoms with van der Waals surface area (Å²) in [7, 11) is 1.83. The molecule has 2 unspecified atom stereocenters. The SMILES string of the molecule is C\C=C/N=C(C)/C(CN1CC(F)CC(CN(C)CC=O)C1)=C(/C(=O)OCC)[C@@H](N=CN)c1ccc(F)cc1Br. The summed E-state index contributed by atoms with van der Waals surface area (Å²) in [4.78, 5) is 37.2. The topological polar surface area (TPSA) is 101 Å². The van der Waals surface area contributed by atoms with Gasteiger partial charge in [-0.25, -0.2) is 13.6 Å². The summed E-state index contributed by atoms with van der Waals surface area (Å²) in [6.45, 7) is 7.17. The van der Waals surface area contributed by atoms with Gasteiger partial charge in [0.1, 0.15) is 24.3 Å². The molecule has 2 rings (SSSR count). The number of carbonyl (C=O) groups excluding carboxylic acids is 2. The van der Waals surface area contributed by atoms with Gasteiger partial charge in [0, 0.05) is 48.1 Å². The highest BCUT2D eigenvalue weighted by atomic mass is 79.9. The number of esters is 1. The lowest BCUT2D eigenvalue weighted by Gasteiger charge is -2.37. The minimum Gasteiger partial charge on any atom is -0.463 e. The number of hydrogen-bond acceptors (Lipinski definition) is 7. The number of piperidine rings is 1. The summed E-state index contributed by atoms with van der Waals surface area (Å²) in [5, 5.41) is 0. The minimum atomic E-state index is -1.07.